The van der Waals surface area contributed by atoms with Gasteiger partial charge in [0.15, 0.2) is 0 Å². The Morgan fingerprint density at radius 3 is 1.23 bits per heavy atom. The molecule has 0 unspecified atom stereocenters. The summed E-state index contributed by atoms with van der Waals surface area (Å²) in [5.74, 6) is 1.65. The second kappa shape index (κ2) is 12.5. The van der Waals surface area contributed by atoms with Crippen LogP contribution in [0.3, 0.4) is 0 Å². The maximum atomic E-state index is 5.59. The number of ether oxygens (including phenoxy) is 2. The molecule has 0 radical (unpaired) electrons. The number of pyridine rings is 2. The predicted octanol–water partition coefficient (Wildman–Crippen LogP) is 11.1. The first-order chi connectivity index (χ1) is 23.7. The summed E-state index contributed by atoms with van der Waals surface area (Å²) < 4.78 is 11.2. The molecule has 2 heterocycles. The summed E-state index contributed by atoms with van der Waals surface area (Å²) in [5.41, 5.74) is 10.7. The summed E-state index contributed by atoms with van der Waals surface area (Å²) in [7, 11) is 3.41. The zero-order valence-corrected chi connectivity index (χ0v) is 26.7. The van der Waals surface area contributed by atoms with Gasteiger partial charge in [-0.15, -0.1) is 0 Å². The lowest BCUT2D eigenvalue weighted by Gasteiger charge is -2.15. The van der Waals surface area contributed by atoms with Crippen LogP contribution in [0.5, 0.6) is 11.5 Å². The lowest BCUT2D eigenvalue weighted by atomic mass is 9.91. The van der Waals surface area contributed by atoms with Crippen LogP contribution in [0.15, 0.2) is 158 Å². The quantitative estimate of drug-likeness (QED) is 0.178. The summed E-state index contributed by atoms with van der Waals surface area (Å²) in [6, 6.07) is 50.5. The number of fused-ring (bicyclic) bond motifs is 2. The molecular weight excluding hydrogens is 588 g/mol. The van der Waals surface area contributed by atoms with Gasteiger partial charge in [-0.3, -0.25) is 9.97 Å². The molecule has 2 aromatic heterocycles. The molecule has 0 saturated heterocycles. The molecule has 8 aromatic rings. The highest BCUT2D eigenvalue weighted by atomic mass is 16.5. The van der Waals surface area contributed by atoms with E-state index in [1.165, 1.54) is 0 Å². The molecule has 4 heteroatoms. The van der Waals surface area contributed by atoms with Crippen molar-refractivity contribution in [3.05, 3.63) is 158 Å². The molecule has 0 amide bonds. The fourth-order valence-corrected chi connectivity index (χ4v) is 6.58. The maximum absolute atomic E-state index is 5.59. The third-order valence-electron chi connectivity index (χ3n) is 9.00. The minimum absolute atomic E-state index is 0.826. The van der Waals surface area contributed by atoms with Gasteiger partial charge in [0.2, 0.25) is 0 Å². The van der Waals surface area contributed by atoms with Gasteiger partial charge in [-0.25, -0.2) is 0 Å². The van der Waals surface area contributed by atoms with Crippen LogP contribution < -0.4 is 9.47 Å². The highest BCUT2D eigenvalue weighted by Crippen LogP contribution is 2.40. The maximum Gasteiger partial charge on any atom is 0.119 e. The van der Waals surface area contributed by atoms with E-state index in [-0.39, 0.29) is 0 Å². The number of rotatable bonds is 7. The van der Waals surface area contributed by atoms with Crippen LogP contribution >= 0.6 is 0 Å². The van der Waals surface area contributed by atoms with Gasteiger partial charge < -0.3 is 9.47 Å². The van der Waals surface area contributed by atoms with E-state index in [9.17, 15) is 0 Å². The Balaban J connectivity index is 1.21. The first-order valence-corrected chi connectivity index (χ1v) is 16.0. The minimum atomic E-state index is 0.826. The van der Waals surface area contributed by atoms with Gasteiger partial charge in [0.25, 0.3) is 0 Å². The Bertz CT molecular complexity index is 2250. The summed E-state index contributed by atoms with van der Waals surface area (Å²) in [4.78, 5) is 9.92. The highest BCUT2D eigenvalue weighted by molar-refractivity contribution is 6.03. The number of benzene rings is 6. The Labute approximate surface area is 279 Å². The predicted molar refractivity (Wildman–Crippen MR) is 197 cm³/mol. The molecule has 8 rings (SSSR count). The average Bonchev–Trinajstić information content (AvgIpc) is 3.17. The standard InChI is InChI=1S/C44H32N2O2/c1-47-33-19-21-37(39(25-33)29-11-5-3-6-12-29)35-17-9-15-31-23-43(45-27-41(31)35)44-24-32-16-10-18-36(42(32)28-46-44)38-22-20-34(48-2)26-40(38)30-13-7-4-8-14-30/h3-28H,1-2H3. The van der Waals surface area contributed by atoms with Crippen LogP contribution in [0.4, 0.5) is 0 Å². The van der Waals surface area contributed by atoms with Crippen LogP contribution in [0.1, 0.15) is 0 Å². The Hall–Kier alpha value is -6.26. The monoisotopic (exact) mass is 620 g/mol. The van der Waals surface area contributed by atoms with Gasteiger partial charge >= 0.3 is 0 Å². The van der Waals surface area contributed by atoms with Crippen LogP contribution in [0.25, 0.3) is 77.4 Å². The second-order valence-electron chi connectivity index (χ2n) is 11.7. The molecule has 4 nitrogen and oxygen atoms in total. The molecular formula is C44H32N2O2. The smallest absolute Gasteiger partial charge is 0.119 e. The Kier molecular flexibility index (Phi) is 7.60. The van der Waals surface area contributed by atoms with Gasteiger partial charge in [-0.1, -0.05) is 109 Å². The lowest BCUT2D eigenvalue weighted by Crippen LogP contribution is -1.93. The number of nitrogens with zero attached hydrogens (tertiary/aromatic N) is 2. The third-order valence-corrected chi connectivity index (χ3v) is 9.00. The highest BCUT2D eigenvalue weighted by Gasteiger charge is 2.15. The SMILES string of the molecule is COc1ccc(-c2cccc3cc(-c4cc5cccc(-c6ccc(OC)cc6-c6ccccc6)c5cn4)ncc23)c(-c2ccccc2)c1. The second-order valence-corrected chi connectivity index (χ2v) is 11.7. The van der Waals surface area contributed by atoms with Crippen molar-refractivity contribution in [1.82, 2.24) is 9.97 Å². The number of methoxy groups -OCH3 is 2. The summed E-state index contributed by atoms with van der Waals surface area (Å²) in [5, 5.41) is 4.38. The molecule has 0 saturated carbocycles. The summed E-state index contributed by atoms with van der Waals surface area (Å²) in [6.45, 7) is 0. The van der Waals surface area contributed by atoms with Crippen molar-refractivity contribution in [3.63, 3.8) is 0 Å². The topological polar surface area (TPSA) is 44.2 Å². The van der Waals surface area contributed by atoms with Crippen LogP contribution in [-0.2, 0) is 0 Å². The van der Waals surface area contributed by atoms with Crippen molar-refractivity contribution < 1.29 is 9.47 Å². The number of hydrogen-bond acceptors (Lipinski definition) is 4. The van der Waals surface area contributed by atoms with Crippen molar-refractivity contribution in [2.75, 3.05) is 14.2 Å². The van der Waals surface area contributed by atoms with E-state index in [1.807, 2.05) is 36.7 Å². The third kappa shape index (κ3) is 5.33. The van der Waals surface area contributed by atoms with Gasteiger partial charge in [0, 0.05) is 23.2 Å². The van der Waals surface area contributed by atoms with E-state index in [0.29, 0.717) is 0 Å². The molecule has 6 aromatic carbocycles. The van der Waals surface area contributed by atoms with Crippen molar-refractivity contribution in [2.24, 2.45) is 0 Å². The van der Waals surface area contributed by atoms with Crippen LogP contribution in [0.2, 0.25) is 0 Å². The first-order valence-electron chi connectivity index (χ1n) is 16.0. The average molecular weight is 621 g/mol. The Morgan fingerprint density at radius 1 is 0.375 bits per heavy atom. The normalized spacial score (nSPS) is 11.1. The van der Waals surface area contributed by atoms with E-state index in [2.05, 4.69) is 121 Å². The molecule has 0 N–H and O–H groups in total. The van der Waals surface area contributed by atoms with Crippen molar-refractivity contribution >= 4 is 21.5 Å². The fourth-order valence-electron chi connectivity index (χ4n) is 6.58. The van der Waals surface area contributed by atoms with Gasteiger partial charge in [0.1, 0.15) is 11.5 Å². The van der Waals surface area contributed by atoms with Crippen molar-refractivity contribution in [3.8, 4) is 67.4 Å². The molecule has 0 spiro atoms. The largest absolute Gasteiger partial charge is 0.497 e. The first kappa shape index (κ1) is 29.2. The van der Waals surface area contributed by atoms with E-state index in [1.54, 1.807) is 14.2 Å². The van der Waals surface area contributed by atoms with Crippen LogP contribution in [0, 0.1) is 0 Å². The summed E-state index contributed by atoms with van der Waals surface area (Å²) >= 11 is 0. The van der Waals surface area contributed by atoms with Gasteiger partial charge in [0.05, 0.1) is 25.6 Å². The molecule has 230 valence electrons. The fraction of sp³-hybridized carbons (Fsp3) is 0.0455. The van der Waals surface area contributed by atoms with E-state index in [0.717, 1.165) is 88.9 Å². The molecule has 0 aliphatic carbocycles. The lowest BCUT2D eigenvalue weighted by molar-refractivity contribution is 0.415. The van der Waals surface area contributed by atoms with Crippen LogP contribution in [-0.4, -0.2) is 24.2 Å². The summed E-state index contributed by atoms with van der Waals surface area (Å²) in [6.07, 6.45) is 3.95. The number of aromatic nitrogens is 2. The Morgan fingerprint density at radius 2 is 0.812 bits per heavy atom. The van der Waals surface area contributed by atoms with E-state index in [4.69, 9.17) is 19.4 Å². The molecule has 48 heavy (non-hydrogen) atoms. The zero-order valence-electron chi connectivity index (χ0n) is 26.7. The van der Waals surface area contributed by atoms with E-state index < -0.39 is 0 Å². The number of hydrogen-bond donors (Lipinski definition) is 0. The molecule has 0 bridgehead atoms. The van der Waals surface area contributed by atoms with Gasteiger partial charge in [-0.05, 0) is 91.7 Å². The zero-order chi connectivity index (χ0) is 32.5. The van der Waals surface area contributed by atoms with E-state index >= 15 is 0 Å². The molecule has 0 atom stereocenters. The van der Waals surface area contributed by atoms with Gasteiger partial charge in [-0.2, -0.15) is 0 Å². The molecule has 0 fully saturated rings. The molecule has 0 aliphatic rings. The molecule has 0 aliphatic heterocycles. The van der Waals surface area contributed by atoms with Crippen molar-refractivity contribution in [2.45, 2.75) is 0 Å². The van der Waals surface area contributed by atoms with Crippen molar-refractivity contribution in [1.29, 1.82) is 0 Å². The minimum Gasteiger partial charge on any atom is -0.497 e.